The summed E-state index contributed by atoms with van der Waals surface area (Å²) in [6, 6.07) is 3.92. The maximum Gasteiger partial charge on any atom is 0.236 e. The lowest BCUT2D eigenvalue weighted by Gasteiger charge is -2.39. The average Bonchev–Trinajstić information content (AvgIpc) is 3.07. The number of hydrogen-bond acceptors (Lipinski definition) is 5. The number of aromatic nitrogens is 1. The van der Waals surface area contributed by atoms with E-state index in [-0.39, 0.29) is 11.4 Å². The fourth-order valence-corrected chi connectivity index (χ4v) is 3.18. The van der Waals surface area contributed by atoms with Crippen LogP contribution in [0.2, 0.25) is 0 Å². The lowest BCUT2D eigenvalue weighted by Crippen LogP contribution is -2.58. The molecule has 5 nitrogen and oxygen atoms in total. The molecular weight excluding hydrogens is 286 g/mol. The van der Waals surface area contributed by atoms with Crippen LogP contribution >= 0.6 is 11.3 Å². The van der Waals surface area contributed by atoms with Crippen LogP contribution < -0.4 is 5.32 Å². The first-order valence-corrected chi connectivity index (χ1v) is 7.92. The Morgan fingerprint density at radius 1 is 1.57 bits per heavy atom. The molecule has 0 unspecified atom stereocenters. The fraction of sp³-hybridized carbons (Fsp3) is 0.467. The van der Waals surface area contributed by atoms with Crippen molar-refractivity contribution in [1.82, 2.24) is 15.2 Å². The predicted molar refractivity (Wildman–Crippen MR) is 82.2 cm³/mol. The minimum Gasteiger partial charge on any atom is -0.444 e. The second-order valence-electron chi connectivity index (χ2n) is 5.92. The SMILES string of the molecule is CC1(C)CN(C(=O)Cc2coc(-c3cccs3)n2)CCN1. The van der Waals surface area contributed by atoms with Crippen LogP contribution in [-0.2, 0) is 11.2 Å². The van der Waals surface area contributed by atoms with Crippen LogP contribution in [0.1, 0.15) is 19.5 Å². The molecule has 0 bridgehead atoms. The summed E-state index contributed by atoms with van der Waals surface area (Å²) in [5, 5.41) is 5.38. The van der Waals surface area contributed by atoms with Gasteiger partial charge in [0.2, 0.25) is 11.8 Å². The van der Waals surface area contributed by atoms with Crippen molar-refractivity contribution in [1.29, 1.82) is 0 Å². The molecule has 0 radical (unpaired) electrons. The number of carbonyl (C=O) groups excluding carboxylic acids is 1. The molecule has 6 heteroatoms. The number of thiophene rings is 1. The number of carbonyl (C=O) groups is 1. The van der Waals surface area contributed by atoms with Gasteiger partial charge in [-0.1, -0.05) is 6.07 Å². The fourth-order valence-electron chi connectivity index (χ4n) is 2.52. The van der Waals surface area contributed by atoms with Crippen molar-refractivity contribution >= 4 is 17.2 Å². The van der Waals surface area contributed by atoms with E-state index < -0.39 is 0 Å². The Labute approximate surface area is 128 Å². The summed E-state index contributed by atoms with van der Waals surface area (Å²) in [5.74, 6) is 0.698. The van der Waals surface area contributed by atoms with Gasteiger partial charge in [0.15, 0.2) is 0 Å². The van der Waals surface area contributed by atoms with E-state index in [4.69, 9.17) is 4.42 Å². The van der Waals surface area contributed by atoms with E-state index in [9.17, 15) is 4.79 Å². The Morgan fingerprint density at radius 3 is 3.14 bits per heavy atom. The van der Waals surface area contributed by atoms with E-state index in [1.807, 2.05) is 22.4 Å². The van der Waals surface area contributed by atoms with Gasteiger partial charge in [-0.15, -0.1) is 11.3 Å². The van der Waals surface area contributed by atoms with Crippen molar-refractivity contribution < 1.29 is 9.21 Å². The van der Waals surface area contributed by atoms with Crippen molar-refractivity contribution in [3.8, 4) is 10.8 Å². The lowest BCUT2D eigenvalue weighted by molar-refractivity contribution is -0.132. The zero-order valence-electron chi connectivity index (χ0n) is 12.3. The highest BCUT2D eigenvalue weighted by molar-refractivity contribution is 7.13. The van der Waals surface area contributed by atoms with E-state index in [0.717, 1.165) is 24.5 Å². The quantitative estimate of drug-likeness (QED) is 0.944. The van der Waals surface area contributed by atoms with E-state index in [0.29, 0.717) is 18.0 Å². The first kappa shape index (κ1) is 14.3. The summed E-state index contributed by atoms with van der Waals surface area (Å²) in [6.45, 7) is 6.52. The Bertz CT molecular complexity index is 619. The van der Waals surface area contributed by atoms with Gasteiger partial charge in [-0.3, -0.25) is 4.79 Å². The summed E-state index contributed by atoms with van der Waals surface area (Å²) in [4.78, 5) is 19.7. The average molecular weight is 305 g/mol. The van der Waals surface area contributed by atoms with Gasteiger partial charge in [-0.25, -0.2) is 4.98 Å². The molecule has 1 aliphatic rings. The van der Waals surface area contributed by atoms with Gasteiger partial charge in [0.25, 0.3) is 0 Å². The smallest absolute Gasteiger partial charge is 0.236 e. The predicted octanol–water partition coefficient (Wildman–Crippen LogP) is 2.16. The van der Waals surface area contributed by atoms with E-state index in [1.165, 1.54) is 0 Å². The van der Waals surface area contributed by atoms with Gasteiger partial charge < -0.3 is 14.6 Å². The minimum absolute atomic E-state index is 0.0279. The molecule has 0 spiro atoms. The van der Waals surface area contributed by atoms with Crippen molar-refractivity contribution in [2.75, 3.05) is 19.6 Å². The van der Waals surface area contributed by atoms with Crippen LogP contribution in [0.15, 0.2) is 28.2 Å². The van der Waals surface area contributed by atoms with Crippen LogP contribution in [0.4, 0.5) is 0 Å². The largest absolute Gasteiger partial charge is 0.444 e. The summed E-state index contributed by atoms with van der Waals surface area (Å²) in [7, 11) is 0. The van der Waals surface area contributed by atoms with Gasteiger partial charge in [-0.2, -0.15) is 0 Å². The van der Waals surface area contributed by atoms with Crippen molar-refractivity contribution in [2.45, 2.75) is 25.8 Å². The number of rotatable bonds is 3. The lowest BCUT2D eigenvalue weighted by atomic mass is 10.0. The molecule has 1 N–H and O–H groups in total. The molecule has 21 heavy (non-hydrogen) atoms. The molecule has 3 heterocycles. The van der Waals surface area contributed by atoms with Crippen LogP contribution in [0.5, 0.6) is 0 Å². The molecule has 0 atom stereocenters. The normalized spacial score (nSPS) is 17.9. The van der Waals surface area contributed by atoms with Crippen LogP contribution in [-0.4, -0.2) is 41.0 Å². The highest BCUT2D eigenvalue weighted by Crippen LogP contribution is 2.24. The van der Waals surface area contributed by atoms with Gasteiger partial charge >= 0.3 is 0 Å². The Morgan fingerprint density at radius 2 is 2.43 bits per heavy atom. The molecule has 1 fully saturated rings. The van der Waals surface area contributed by atoms with E-state index in [2.05, 4.69) is 24.1 Å². The summed E-state index contributed by atoms with van der Waals surface area (Å²) in [5.41, 5.74) is 0.666. The summed E-state index contributed by atoms with van der Waals surface area (Å²) < 4.78 is 5.45. The van der Waals surface area contributed by atoms with Gasteiger partial charge in [-0.05, 0) is 25.3 Å². The number of oxazole rings is 1. The van der Waals surface area contributed by atoms with Crippen LogP contribution in [0.3, 0.4) is 0 Å². The summed E-state index contributed by atoms with van der Waals surface area (Å²) in [6.07, 6.45) is 1.88. The van der Waals surface area contributed by atoms with E-state index in [1.54, 1.807) is 17.6 Å². The highest BCUT2D eigenvalue weighted by atomic mass is 32.1. The Kier molecular flexibility index (Phi) is 3.82. The van der Waals surface area contributed by atoms with E-state index >= 15 is 0 Å². The zero-order valence-corrected chi connectivity index (χ0v) is 13.1. The molecule has 3 rings (SSSR count). The molecule has 1 saturated heterocycles. The topological polar surface area (TPSA) is 58.4 Å². The second-order valence-corrected chi connectivity index (χ2v) is 6.87. The van der Waals surface area contributed by atoms with Crippen LogP contribution in [0.25, 0.3) is 10.8 Å². The molecule has 2 aromatic rings. The molecule has 0 saturated carbocycles. The number of amides is 1. The second kappa shape index (κ2) is 5.61. The molecule has 112 valence electrons. The highest BCUT2D eigenvalue weighted by Gasteiger charge is 2.28. The van der Waals surface area contributed by atoms with Gasteiger partial charge in [0, 0.05) is 25.2 Å². The monoisotopic (exact) mass is 305 g/mol. The molecule has 1 aliphatic heterocycles. The standard InChI is InChI=1S/C15H19N3O2S/c1-15(2)10-18(6-5-16-15)13(19)8-11-9-20-14(17-11)12-4-3-7-21-12/h3-4,7,9,16H,5-6,8,10H2,1-2H3. The molecule has 1 amide bonds. The third-order valence-corrected chi connectivity index (χ3v) is 4.40. The molecular formula is C15H19N3O2S. The van der Waals surface area contributed by atoms with Gasteiger partial charge in [0.1, 0.15) is 6.26 Å². The third-order valence-electron chi connectivity index (χ3n) is 3.54. The van der Waals surface area contributed by atoms with Gasteiger partial charge in [0.05, 0.1) is 17.0 Å². The minimum atomic E-state index is -0.0279. The summed E-state index contributed by atoms with van der Waals surface area (Å²) >= 11 is 1.58. The van der Waals surface area contributed by atoms with Crippen LogP contribution in [0, 0.1) is 0 Å². The molecule has 0 aromatic carbocycles. The number of nitrogens with one attached hydrogen (secondary N) is 1. The van der Waals surface area contributed by atoms with Crippen molar-refractivity contribution in [3.63, 3.8) is 0 Å². The maximum atomic E-state index is 12.4. The first-order chi connectivity index (χ1) is 10.0. The zero-order chi connectivity index (χ0) is 14.9. The molecule has 2 aromatic heterocycles. The Balaban J connectivity index is 1.65. The Hall–Kier alpha value is -1.66. The third kappa shape index (κ3) is 3.33. The van der Waals surface area contributed by atoms with Crippen molar-refractivity contribution in [2.24, 2.45) is 0 Å². The molecule has 0 aliphatic carbocycles. The number of hydrogen-bond donors (Lipinski definition) is 1. The maximum absolute atomic E-state index is 12.4. The van der Waals surface area contributed by atoms with Crippen molar-refractivity contribution in [3.05, 3.63) is 29.5 Å². The first-order valence-electron chi connectivity index (χ1n) is 7.05. The number of nitrogens with zero attached hydrogens (tertiary/aromatic N) is 2. The number of piperazine rings is 1.